The summed E-state index contributed by atoms with van der Waals surface area (Å²) in [6.45, 7) is 15.0. The van der Waals surface area contributed by atoms with Gasteiger partial charge in [-0.2, -0.15) is 15.3 Å². The number of likely N-dealkylation sites (tertiary alicyclic amines) is 1. The molecule has 4 fully saturated rings. The molecule has 0 N–H and O–H groups in total. The Bertz CT molecular complexity index is 5100. The minimum absolute atomic E-state index is 0.211. The number of carbonyl (C=O) groups is 1. The summed E-state index contributed by atoms with van der Waals surface area (Å²) in [7, 11) is 12.0. The van der Waals surface area contributed by atoms with E-state index < -0.39 is 5.60 Å². The van der Waals surface area contributed by atoms with Crippen molar-refractivity contribution in [1.29, 1.82) is 0 Å². The highest BCUT2D eigenvalue weighted by molar-refractivity contribution is 5.86. The Morgan fingerprint density at radius 2 is 0.809 bits per heavy atom. The Hall–Kier alpha value is -11.6. The van der Waals surface area contributed by atoms with Gasteiger partial charge in [0.05, 0.1) is 136 Å². The van der Waals surface area contributed by atoms with Crippen LogP contribution in [-0.2, 0) is 18.3 Å². The second kappa shape index (κ2) is 33.5. The zero-order chi connectivity index (χ0) is 76.6. The molecule has 4 aliphatic rings. The summed E-state index contributed by atoms with van der Waals surface area (Å²) in [4.78, 5) is 50.1. The summed E-state index contributed by atoms with van der Waals surface area (Å²) in [6.07, 6.45) is 28.5. The zero-order valence-electron chi connectivity index (χ0n) is 65.2. The number of fused-ring (bicyclic) bond motifs is 3. The predicted octanol–water partition coefficient (Wildman–Crippen LogP) is 17.7. The molecule has 24 nitrogen and oxygen atoms in total. The molecule has 0 spiro atoms. The Morgan fingerprint density at radius 3 is 1.17 bits per heavy atom. The number of ether oxygens (including phenoxy) is 7. The van der Waals surface area contributed by atoms with E-state index in [0.717, 1.165) is 175 Å². The summed E-state index contributed by atoms with van der Waals surface area (Å²) in [5.41, 5.74) is 16.2. The summed E-state index contributed by atoms with van der Waals surface area (Å²) < 4.78 is 44.6. The van der Waals surface area contributed by atoms with Crippen LogP contribution in [0.25, 0.3) is 66.9 Å². The fourth-order valence-electron chi connectivity index (χ4n) is 14.2. The Balaban J connectivity index is 0.000000139. The summed E-state index contributed by atoms with van der Waals surface area (Å²) >= 11 is 0. The van der Waals surface area contributed by atoms with Crippen LogP contribution in [0.2, 0.25) is 0 Å². The Labute approximate surface area is 643 Å². The van der Waals surface area contributed by atoms with Gasteiger partial charge >= 0.3 is 6.09 Å². The number of methoxy groups -OCH3 is 6. The van der Waals surface area contributed by atoms with Crippen LogP contribution >= 0.6 is 0 Å². The van der Waals surface area contributed by atoms with Crippen molar-refractivity contribution in [3.8, 4) is 68.3 Å². The minimum atomic E-state index is -0.495. The first kappa shape index (κ1) is 75.3. The highest BCUT2D eigenvalue weighted by atomic mass is 16.6. The molecule has 110 heavy (non-hydrogen) atoms. The average Bonchev–Trinajstić information content (AvgIpc) is 1.18. The van der Waals surface area contributed by atoms with Crippen molar-refractivity contribution < 1.29 is 38.0 Å². The fraction of sp³-hybridized carbons (Fsp3) is 0.395. The first-order valence-corrected chi connectivity index (χ1v) is 38.2. The molecule has 1 aliphatic heterocycles. The Kier molecular flexibility index (Phi) is 22.9. The molecule has 16 rings (SSSR count). The molecule has 3 aliphatic carbocycles. The lowest BCUT2D eigenvalue weighted by atomic mass is 10.1. The topological polar surface area (TPSA) is 225 Å². The molecule has 0 bridgehead atoms. The van der Waals surface area contributed by atoms with Crippen LogP contribution in [0.3, 0.4) is 0 Å². The number of nitrogens with zero attached hydrogens (tertiary/aromatic N) is 16. The van der Waals surface area contributed by atoms with Crippen molar-refractivity contribution in [2.24, 2.45) is 30.7 Å². The van der Waals surface area contributed by atoms with E-state index >= 15 is 0 Å². The highest BCUT2D eigenvalue weighted by Crippen LogP contribution is 2.43. The molecule has 0 atom stereocenters. The van der Waals surface area contributed by atoms with Crippen molar-refractivity contribution in [2.45, 2.75) is 117 Å². The molecule has 0 unspecified atom stereocenters. The lowest BCUT2D eigenvalue weighted by Crippen LogP contribution is -2.42. The van der Waals surface area contributed by atoms with E-state index in [1.807, 2.05) is 141 Å². The van der Waals surface area contributed by atoms with Gasteiger partial charge < -0.3 is 52.8 Å². The van der Waals surface area contributed by atoms with Crippen molar-refractivity contribution in [3.63, 3.8) is 0 Å². The number of hydrogen-bond donors (Lipinski definition) is 0. The largest absolute Gasteiger partial charge is 0.497 e. The first-order chi connectivity index (χ1) is 53.3. The molecule has 1 saturated heterocycles. The maximum atomic E-state index is 12.5. The van der Waals surface area contributed by atoms with Crippen molar-refractivity contribution in [3.05, 3.63) is 165 Å². The van der Waals surface area contributed by atoms with Gasteiger partial charge in [0.1, 0.15) is 40.1 Å². The molecule has 3 saturated carbocycles. The van der Waals surface area contributed by atoms with E-state index in [2.05, 4.69) is 114 Å². The van der Waals surface area contributed by atoms with Crippen LogP contribution in [0.4, 0.5) is 38.9 Å². The lowest BCUT2D eigenvalue weighted by Gasteiger charge is -2.33. The summed E-state index contributed by atoms with van der Waals surface area (Å²) in [5, 5.41) is 13.4. The number of benzene rings is 6. The number of rotatable bonds is 24. The standard InChI is InChI=1S/C33H40N6O4.C27H31N5O2.C26H29N5O2/c1-33(2,3)43-32(40)37-12-10-24(11-13-37)39-21-23(18-35-39)31-19-34-29-9-8-25(16-30(29)36-31)38(20-22-6-7-22)26-14-27(41-4)17-28(15-26)42-5;1-18(2)15-31-17-20(13-29-31)27-14-28-25-8-7-21(11-26(25)30-27)32(16-19-5-6-19)22-9-23(33-3)12-24(10-22)34-4;1-30-17-19(14-28-30)26-15-27-24-9-8-20(12-25(24)29-26)31(16-18-6-4-5-7-18)21-10-22(32-2)13-23(11-21)33-3/h8-9,14-19,21-22,24H,6-7,10-13,20H2,1-5H3;7-14,17-19H,5-6,15-16H2,1-4H3;8-15,17-18H,4-7,16H2,1-3H3. The van der Waals surface area contributed by atoms with Gasteiger partial charge in [0.15, 0.2) is 0 Å². The number of carbonyl (C=O) groups excluding carboxylic acids is 1. The van der Waals surface area contributed by atoms with Crippen molar-refractivity contribution in [2.75, 3.05) is 90.1 Å². The molecular weight excluding hydrogens is 1390 g/mol. The van der Waals surface area contributed by atoms with Gasteiger partial charge in [-0.1, -0.05) is 26.7 Å². The van der Waals surface area contributed by atoms with Gasteiger partial charge in [-0.25, -0.2) is 19.7 Å². The quantitative estimate of drug-likeness (QED) is 0.0548. The summed E-state index contributed by atoms with van der Waals surface area (Å²) in [5.74, 6) is 7.16. The van der Waals surface area contributed by atoms with Crippen LogP contribution in [0.1, 0.15) is 105 Å². The van der Waals surface area contributed by atoms with Crippen molar-refractivity contribution >= 4 is 73.3 Å². The van der Waals surface area contributed by atoms with Gasteiger partial charge in [-0.3, -0.25) is 29.0 Å². The van der Waals surface area contributed by atoms with Crippen LogP contribution in [-0.4, -0.2) is 151 Å². The van der Waals surface area contributed by atoms with E-state index in [1.165, 1.54) is 51.4 Å². The number of piperidine rings is 1. The number of amides is 1. The first-order valence-electron chi connectivity index (χ1n) is 38.2. The monoisotopic (exact) mass is 1480 g/mol. The molecule has 12 aromatic rings. The van der Waals surface area contributed by atoms with E-state index in [-0.39, 0.29) is 12.1 Å². The fourth-order valence-corrected chi connectivity index (χ4v) is 14.2. The maximum absolute atomic E-state index is 12.5. The Morgan fingerprint density at radius 1 is 0.436 bits per heavy atom. The smallest absolute Gasteiger partial charge is 0.410 e. The van der Waals surface area contributed by atoms with Gasteiger partial charge in [0, 0.05) is 170 Å². The average molecular weight is 1490 g/mol. The van der Waals surface area contributed by atoms with Crippen LogP contribution in [0, 0.1) is 23.7 Å². The zero-order valence-corrected chi connectivity index (χ0v) is 65.2. The van der Waals surface area contributed by atoms with E-state index in [0.29, 0.717) is 36.8 Å². The van der Waals surface area contributed by atoms with Gasteiger partial charge in [0.2, 0.25) is 0 Å². The highest BCUT2D eigenvalue weighted by Gasteiger charge is 2.31. The second-order valence-corrected chi connectivity index (χ2v) is 30.5. The van der Waals surface area contributed by atoms with Crippen LogP contribution < -0.4 is 43.1 Å². The third-order valence-corrected chi connectivity index (χ3v) is 20.5. The SMILES string of the molecule is COc1cc(OC)cc(N(CC2CC2)c2ccc3ncc(-c4cnn(C5CCN(C(=O)OC(C)(C)C)CC5)c4)nc3c2)c1.COc1cc(OC)cc(N(CC2CC2)c2ccc3ncc(-c4cnn(CC(C)C)c4)nc3c2)c1.COc1cc(OC)cc(N(CC2CCCC2)c2ccc3ncc(-c4cnn(C)c4)nc3c2)c1. The minimum Gasteiger partial charge on any atom is -0.497 e. The lowest BCUT2D eigenvalue weighted by molar-refractivity contribution is 0.0184. The van der Waals surface area contributed by atoms with E-state index in [9.17, 15) is 4.79 Å². The molecule has 1 amide bonds. The van der Waals surface area contributed by atoms with Crippen LogP contribution in [0.15, 0.2) is 165 Å². The molecule has 6 aromatic heterocycles. The molecule has 24 heteroatoms. The predicted molar refractivity (Wildman–Crippen MR) is 431 cm³/mol. The molecular formula is C86H100N16O8. The molecule has 0 radical (unpaired) electrons. The van der Waals surface area contributed by atoms with E-state index in [1.54, 1.807) is 52.2 Å². The number of aryl methyl sites for hydroxylation is 1. The van der Waals surface area contributed by atoms with E-state index in [4.69, 9.17) is 53.1 Å². The maximum Gasteiger partial charge on any atom is 0.410 e. The molecule has 7 heterocycles. The van der Waals surface area contributed by atoms with Crippen LogP contribution in [0.5, 0.6) is 34.5 Å². The number of hydrogen-bond acceptors (Lipinski definition) is 20. The number of aromatic nitrogens is 12. The molecule has 572 valence electrons. The second-order valence-electron chi connectivity index (χ2n) is 30.5. The number of anilines is 6. The third kappa shape index (κ3) is 18.6. The molecule has 6 aromatic carbocycles. The van der Waals surface area contributed by atoms with Gasteiger partial charge in [-0.05, 0) is 150 Å². The normalized spacial score (nSPS) is 14.6. The van der Waals surface area contributed by atoms with Gasteiger partial charge in [-0.15, -0.1) is 0 Å². The van der Waals surface area contributed by atoms with Crippen molar-refractivity contribution in [1.82, 2.24) is 64.1 Å². The summed E-state index contributed by atoms with van der Waals surface area (Å²) in [6, 6.07) is 37.1. The van der Waals surface area contributed by atoms with Gasteiger partial charge in [0.25, 0.3) is 0 Å². The third-order valence-electron chi connectivity index (χ3n) is 20.5.